The molecular weight excluding hydrogens is 476 g/mol. The van der Waals surface area contributed by atoms with Crippen LogP contribution in [0.25, 0.3) is 0 Å². The molecule has 3 N–H and O–H groups in total. The maximum Gasteiger partial charge on any atom is 0.328 e. The number of carbonyl (C=O) groups excluding carboxylic acids is 2. The number of halogens is 1. The number of nitrogens with two attached hydrogens (primary N) is 1. The first-order valence-electron chi connectivity index (χ1n) is 10.7. The molecule has 0 radical (unpaired) electrons. The molecule has 35 heavy (non-hydrogen) atoms. The topological polar surface area (TPSA) is 142 Å². The number of aromatic nitrogens is 3. The van der Waals surface area contributed by atoms with E-state index in [0.717, 1.165) is 11.3 Å². The molecule has 2 heterocycles. The van der Waals surface area contributed by atoms with Crippen LogP contribution in [0.2, 0.25) is 5.28 Å². The van der Waals surface area contributed by atoms with Gasteiger partial charge in [0.15, 0.2) is 0 Å². The number of anilines is 3. The summed E-state index contributed by atoms with van der Waals surface area (Å²) in [4.78, 5) is 37.5. The van der Waals surface area contributed by atoms with Crippen LogP contribution in [-0.2, 0) is 25.5 Å². The molecule has 1 fully saturated rings. The SMILES string of the molecule is COC(=O)C(N)Cc1ccc(Oc2nc(Cl)nc(Nc3ccc(N4CCOCC4=O)cc3)n2)cc1. The molecule has 182 valence electrons. The standard InChI is InChI=1S/C23H23ClN6O5/c1-33-20(32)18(25)12-14-2-8-17(9-3-14)35-23-28-21(24)27-22(29-23)26-15-4-6-16(7-5-15)30-10-11-34-13-19(30)31/h2-9,18H,10-13,25H2,1H3,(H,26,27,28,29). The van der Waals surface area contributed by atoms with Gasteiger partial charge in [-0.15, -0.1) is 0 Å². The van der Waals surface area contributed by atoms with E-state index in [1.165, 1.54) is 7.11 Å². The monoisotopic (exact) mass is 498 g/mol. The van der Waals surface area contributed by atoms with E-state index in [1.807, 2.05) is 12.1 Å². The maximum atomic E-state index is 12.0. The molecule has 12 heteroatoms. The summed E-state index contributed by atoms with van der Waals surface area (Å²) in [6, 6.07) is 13.5. The molecule has 11 nitrogen and oxygen atoms in total. The summed E-state index contributed by atoms with van der Waals surface area (Å²) in [5.41, 5.74) is 8.10. The van der Waals surface area contributed by atoms with Crippen LogP contribution < -0.4 is 20.7 Å². The summed E-state index contributed by atoms with van der Waals surface area (Å²) in [6.45, 7) is 1.09. The zero-order valence-corrected chi connectivity index (χ0v) is 19.6. The summed E-state index contributed by atoms with van der Waals surface area (Å²) in [7, 11) is 1.30. The molecule has 1 aromatic heterocycles. The Morgan fingerprint density at radius 2 is 1.91 bits per heavy atom. The molecule has 1 aliphatic rings. The quantitative estimate of drug-likeness (QED) is 0.444. The summed E-state index contributed by atoms with van der Waals surface area (Å²) in [5.74, 6) is 0.0979. The number of methoxy groups -OCH3 is 1. The van der Waals surface area contributed by atoms with Crippen molar-refractivity contribution < 1.29 is 23.8 Å². The van der Waals surface area contributed by atoms with Crippen molar-refractivity contribution in [1.82, 2.24) is 15.0 Å². The molecule has 1 amide bonds. The van der Waals surface area contributed by atoms with Gasteiger partial charge in [-0.3, -0.25) is 9.59 Å². The molecule has 1 unspecified atom stereocenters. The third kappa shape index (κ3) is 6.41. The Hall–Kier alpha value is -3.80. The highest BCUT2D eigenvalue weighted by atomic mass is 35.5. The fourth-order valence-electron chi connectivity index (χ4n) is 3.37. The number of morpholine rings is 1. The van der Waals surface area contributed by atoms with Gasteiger partial charge in [0, 0.05) is 17.9 Å². The van der Waals surface area contributed by atoms with E-state index in [0.29, 0.717) is 31.0 Å². The number of hydrogen-bond acceptors (Lipinski definition) is 10. The normalized spacial score (nSPS) is 14.4. The van der Waals surface area contributed by atoms with E-state index in [9.17, 15) is 9.59 Å². The lowest BCUT2D eigenvalue weighted by Crippen LogP contribution is -2.41. The van der Waals surface area contributed by atoms with Crippen molar-refractivity contribution in [3.8, 4) is 11.8 Å². The molecule has 0 bridgehead atoms. The third-order valence-electron chi connectivity index (χ3n) is 5.10. The fraction of sp³-hybridized carbons (Fsp3) is 0.261. The Kier molecular flexibility index (Phi) is 7.70. The van der Waals surface area contributed by atoms with Crippen LogP contribution in [0.5, 0.6) is 11.8 Å². The second-order valence-electron chi connectivity index (χ2n) is 7.56. The van der Waals surface area contributed by atoms with E-state index >= 15 is 0 Å². The molecule has 4 rings (SSSR count). The highest BCUT2D eigenvalue weighted by Gasteiger charge is 2.20. The molecule has 0 spiro atoms. The number of nitrogens with zero attached hydrogens (tertiary/aromatic N) is 4. The molecule has 3 aromatic rings. The van der Waals surface area contributed by atoms with Gasteiger partial charge in [-0.05, 0) is 60.0 Å². The van der Waals surface area contributed by atoms with Gasteiger partial charge in [-0.1, -0.05) is 12.1 Å². The Bertz CT molecular complexity index is 1190. The number of carbonyl (C=O) groups is 2. The van der Waals surface area contributed by atoms with Crippen LogP contribution in [0, 0.1) is 0 Å². The molecule has 1 saturated heterocycles. The van der Waals surface area contributed by atoms with Crippen molar-refractivity contribution in [3.63, 3.8) is 0 Å². The van der Waals surface area contributed by atoms with E-state index in [1.54, 1.807) is 41.3 Å². The first-order valence-corrected chi connectivity index (χ1v) is 11.1. The minimum absolute atomic E-state index is 0.00189. The highest BCUT2D eigenvalue weighted by Crippen LogP contribution is 2.24. The van der Waals surface area contributed by atoms with Gasteiger partial charge in [-0.25, -0.2) is 0 Å². The largest absolute Gasteiger partial charge is 0.468 e. The minimum Gasteiger partial charge on any atom is -0.468 e. The van der Waals surface area contributed by atoms with Gasteiger partial charge in [0.25, 0.3) is 5.91 Å². The van der Waals surface area contributed by atoms with Crippen molar-refractivity contribution in [3.05, 3.63) is 59.4 Å². The molecule has 2 aromatic carbocycles. The smallest absolute Gasteiger partial charge is 0.328 e. The van der Waals surface area contributed by atoms with E-state index in [4.69, 9.17) is 26.8 Å². The number of rotatable bonds is 8. The van der Waals surface area contributed by atoms with E-state index in [2.05, 4.69) is 25.0 Å². The average molecular weight is 499 g/mol. The van der Waals surface area contributed by atoms with Crippen LogP contribution in [0.3, 0.4) is 0 Å². The van der Waals surface area contributed by atoms with Crippen molar-refractivity contribution in [1.29, 1.82) is 0 Å². The lowest BCUT2D eigenvalue weighted by molar-refractivity contribution is -0.142. The third-order valence-corrected chi connectivity index (χ3v) is 5.27. The lowest BCUT2D eigenvalue weighted by Gasteiger charge is -2.26. The van der Waals surface area contributed by atoms with Crippen molar-refractivity contribution in [2.75, 3.05) is 37.1 Å². The van der Waals surface area contributed by atoms with Crippen LogP contribution in [0.1, 0.15) is 5.56 Å². The zero-order chi connectivity index (χ0) is 24.8. The van der Waals surface area contributed by atoms with Crippen LogP contribution in [0.15, 0.2) is 48.5 Å². The van der Waals surface area contributed by atoms with Gasteiger partial charge in [0.05, 0.1) is 13.7 Å². The molecule has 0 aliphatic carbocycles. The van der Waals surface area contributed by atoms with Gasteiger partial charge in [0.2, 0.25) is 11.2 Å². The lowest BCUT2D eigenvalue weighted by atomic mass is 10.1. The first-order chi connectivity index (χ1) is 16.9. The van der Waals surface area contributed by atoms with Crippen molar-refractivity contribution in [2.24, 2.45) is 5.73 Å². The predicted octanol–water partition coefficient (Wildman–Crippen LogP) is 2.47. The summed E-state index contributed by atoms with van der Waals surface area (Å²) in [6.07, 6.45) is 0.330. The Labute approximate surface area is 206 Å². The number of amides is 1. The van der Waals surface area contributed by atoms with Gasteiger partial charge < -0.3 is 30.2 Å². The minimum atomic E-state index is -0.744. The van der Waals surface area contributed by atoms with Gasteiger partial charge in [0.1, 0.15) is 18.4 Å². The van der Waals surface area contributed by atoms with E-state index in [-0.39, 0.29) is 29.8 Å². The summed E-state index contributed by atoms with van der Waals surface area (Å²) >= 11 is 6.06. The van der Waals surface area contributed by atoms with Crippen molar-refractivity contribution >= 4 is 40.8 Å². The maximum absolute atomic E-state index is 12.0. The molecular formula is C23H23ClN6O5. The molecule has 0 saturated carbocycles. The molecule has 1 aliphatic heterocycles. The second-order valence-corrected chi connectivity index (χ2v) is 7.90. The van der Waals surface area contributed by atoms with Gasteiger partial charge in [-0.2, -0.15) is 15.0 Å². The number of ether oxygens (including phenoxy) is 3. The summed E-state index contributed by atoms with van der Waals surface area (Å²) in [5, 5.41) is 3.00. The van der Waals surface area contributed by atoms with Crippen molar-refractivity contribution in [2.45, 2.75) is 12.5 Å². The average Bonchev–Trinajstić information content (AvgIpc) is 2.85. The Balaban J connectivity index is 1.41. The van der Waals surface area contributed by atoms with Crippen LogP contribution >= 0.6 is 11.6 Å². The number of esters is 1. The zero-order valence-electron chi connectivity index (χ0n) is 18.8. The van der Waals surface area contributed by atoms with Crippen LogP contribution in [-0.4, -0.2) is 59.7 Å². The number of benzene rings is 2. The van der Waals surface area contributed by atoms with Crippen LogP contribution in [0.4, 0.5) is 17.3 Å². The summed E-state index contributed by atoms with van der Waals surface area (Å²) < 4.78 is 15.5. The van der Waals surface area contributed by atoms with E-state index < -0.39 is 12.0 Å². The highest BCUT2D eigenvalue weighted by molar-refractivity contribution is 6.28. The number of hydrogen-bond donors (Lipinski definition) is 2. The first kappa shape index (κ1) is 24.3. The second kappa shape index (κ2) is 11.1. The molecule has 1 atom stereocenters. The van der Waals surface area contributed by atoms with Gasteiger partial charge >= 0.3 is 12.0 Å². The Morgan fingerprint density at radius 3 is 2.60 bits per heavy atom. The fourth-order valence-corrected chi connectivity index (χ4v) is 3.52. The number of nitrogens with one attached hydrogen (secondary N) is 1. The Morgan fingerprint density at radius 1 is 1.17 bits per heavy atom. The predicted molar refractivity (Wildman–Crippen MR) is 128 cm³/mol.